The predicted molar refractivity (Wildman–Crippen MR) is 94.6 cm³/mol. The van der Waals surface area contributed by atoms with Crippen LogP contribution >= 0.6 is 12.4 Å². The molecule has 0 bridgehead atoms. The van der Waals surface area contributed by atoms with Crippen molar-refractivity contribution in [1.29, 1.82) is 0 Å². The number of rotatable bonds is 5. The largest absolute Gasteiger partial charge is 0.492 e. The first-order valence-corrected chi connectivity index (χ1v) is 8.18. The lowest BCUT2D eigenvalue weighted by Gasteiger charge is -2.35. The molecule has 1 unspecified atom stereocenters. The number of benzene rings is 1. The van der Waals surface area contributed by atoms with E-state index in [-0.39, 0.29) is 30.8 Å². The number of halogens is 4. The molecule has 9 heteroatoms. The molecule has 2 heterocycles. The molecule has 0 spiro atoms. The third-order valence-electron chi connectivity index (χ3n) is 4.34. The molecule has 1 aliphatic rings. The van der Waals surface area contributed by atoms with Gasteiger partial charge in [-0.15, -0.1) is 12.4 Å². The Bertz CT molecular complexity index is 707. The first-order chi connectivity index (χ1) is 12.0. The van der Waals surface area contributed by atoms with Crippen LogP contribution in [0, 0.1) is 0 Å². The number of piperazine rings is 1. The van der Waals surface area contributed by atoms with Gasteiger partial charge in [0.15, 0.2) is 0 Å². The number of aromatic nitrogens is 2. The van der Waals surface area contributed by atoms with E-state index >= 15 is 0 Å². The van der Waals surface area contributed by atoms with Gasteiger partial charge in [-0.1, -0.05) is 12.1 Å². The van der Waals surface area contributed by atoms with Gasteiger partial charge in [-0.2, -0.15) is 13.2 Å². The van der Waals surface area contributed by atoms with Gasteiger partial charge in [0.05, 0.1) is 11.6 Å². The minimum atomic E-state index is -4.42. The lowest BCUT2D eigenvalue weighted by Crippen LogP contribution is -2.48. The van der Waals surface area contributed by atoms with Crippen molar-refractivity contribution in [2.45, 2.75) is 12.2 Å². The van der Waals surface area contributed by atoms with Crippen LogP contribution in [0.15, 0.2) is 36.7 Å². The van der Waals surface area contributed by atoms with Gasteiger partial charge in [-0.3, -0.25) is 4.90 Å². The molecule has 5 nitrogen and oxygen atoms in total. The Kier molecular flexibility index (Phi) is 6.91. The summed E-state index contributed by atoms with van der Waals surface area (Å²) >= 11 is 0. The van der Waals surface area contributed by atoms with Crippen molar-refractivity contribution in [1.82, 2.24) is 19.8 Å². The van der Waals surface area contributed by atoms with Crippen LogP contribution in [0.2, 0.25) is 0 Å². The second kappa shape index (κ2) is 8.75. The predicted octanol–water partition coefficient (Wildman–Crippen LogP) is 2.89. The average Bonchev–Trinajstić information content (AvgIpc) is 3.01. The Morgan fingerprint density at radius 2 is 2.08 bits per heavy atom. The van der Waals surface area contributed by atoms with E-state index in [4.69, 9.17) is 4.74 Å². The molecule has 1 fully saturated rings. The van der Waals surface area contributed by atoms with Crippen LogP contribution in [-0.2, 0) is 13.2 Å². The van der Waals surface area contributed by atoms with E-state index < -0.39 is 11.7 Å². The van der Waals surface area contributed by atoms with Gasteiger partial charge in [0.2, 0.25) is 0 Å². The van der Waals surface area contributed by atoms with E-state index in [0.29, 0.717) is 6.54 Å². The molecule has 26 heavy (non-hydrogen) atoms. The molecule has 1 aromatic carbocycles. The maximum atomic E-state index is 13.0. The number of hydrogen-bond donors (Lipinski definition) is 1. The number of nitrogens with zero attached hydrogens (tertiary/aromatic N) is 3. The highest BCUT2D eigenvalue weighted by atomic mass is 35.5. The minimum Gasteiger partial charge on any atom is -0.492 e. The topological polar surface area (TPSA) is 42.3 Å². The van der Waals surface area contributed by atoms with Gasteiger partial charge >= 0.3 is 6.18 Å². The number of para-hydroxylation sites is 1. The Morgan fingerprint density at radius 3 is 2.77 bits per heavy atom. The summed E-state index contributed by atoms with van der Waals surface area (Å²) in [5, 5.41) is 3.33. The van der Waals surface area contributed by atoms with Crippen LogP contribution in [0.25, 0.3) is 0 Å². The second-order valence-corrected chi connectivity index (χ2v) is 5.99. The third-order valence-corrected chi connectivity index (χ3v) is 4.34. The first-order valence-electron chi connectivity index (χ1n) is 8.18. The molecule has 0 radical (unpaired) electrons. The fourth-order valence-electron chi connectivity index (χ4n) is 3.07. The molecular formula is C17H22ClF3N4O. The number of hydrogen-bond acceptors (Lipinski definition) is 4. The second-order valence-electron chi connectivity index (χ2n) is 5.99. The number of ether oxygens (including phenoxy) is 1. The van der Waals surface area contributed by atoms with Gasteiger partial charge in [-0.05, 0) is 12.1 Å². The quantitative estimate of drug-likeness (QED) is 0.852. The summed E-state index contributed by atoms with van der Waals surface area (Å²) in [4.78, 5) is 6.58. The number of nitrogens with one attached hydrogen (secondary N) is 1. The van der Waals surface area contributed by atoms with Crippen molar-refractivity contribution >= 4 is 12.4 Å². The fourth-order valence-corrected chi connectivity index (χ4v) is 3.07. The van der Waals surface area contributed by atoms with E-state index in [9.17, 15) is 13.2 Å². The van der Waals surface area contributed by atoms with Crippen molar-refractivity contribution in [3.63, 3.8) is 0 Å². The zero-order chi connectivity index (χ0) is 17.9. The van der Waals surface area contributed by atoms with Crippen LogP contribution in [0.5, 0.6) is 5.75 Å². The highest BCUT2D eigenvalue weighted by Crippen LogP contribution is 2.35. The molecule has 1 saturated heterocycles. The molecule has 1 aromatic heterocycles. The monoisotopic (exact) mass is 390 g/mol. The fraction of sp³-hybridized carbons (Fsp3) is 0.471. The van der Waals surface area contributed by atoms with Gasteiger partial charge in [0, 0.05) is 45.6 Å². The standard InChI is InChI=1S/C17H21F3N4O.ClH/c1-23-8-7-22-16(23)14-12-21-6-9-24(14)10-11-25-15-5-3-2-4-13(15)17(18,19)20;/h2-5,7-8,14,21H,6,9-12H2,1H3;1H. The van der Waals surface area contributed by atoms with Gasteiger partial charge in [0.1, 0.15) is 18.2 Å². The van der Waals surface area contributed by atoms with Crippen molar-refractivity contribution < 1.29 is 17.9 Å². The third kappa shape index (κ3) is 4.69. The zero-order valence-corrected chi connectivity index (χ0v) is 15.2. The summed E-state index contributed by atoms with van der Waals surface area (Å²) in [6, 6.07) is 5.39. The van der Waals surface area contributed by atoms with Crippen molar-refractivity contribution in [2.75, 3.05) is 32.8 Å². The summed E-state index contributed by atoms with van der Waals surface area (Å²) < 4.78 is 46.5. The molecule has 0 saturated carbocycles. The first kappa shape index (κ1) is 20.5. The van der Waals surface area contributed by atoms with Gasteiger partial charge in [0.25, 0.3) is 0 Å². The Morgan fingerprint density at radius 1 is 1.31 bits per heavy atom. The molecule has 0 amide bonds. The smallest absolute Gasteiger partial charge is 0.419 e. The summed E-state index contributed by atoms with van der Waals surface area (Å²) in [5.74, 6) is 0.807. The van der Waals surface area contributed by atoms with Gasteiger partial charge < -0.3 is 14.6 Å². The SMILES string of the molecule is Cl.Cn1ccnc1C1CNCCN1CCOc1ccccc1C(F)(F)F. The highest BCUT2D eigenvalue weighted by Gasteiger charge is 2.34. The summed E-state index contributed by atoms with van der Waals surface area (Å²) in [5.41, 5.74) is -0.740. The number of alkyl halides is 3. The van der Waals surface area contributed by atoms with Crippen molar-refractivity contribution in [3.05, 3.63) is 48.0 Å². The summed E-state index contributed by atoms with van der Waals surface area (Å²) in [6.45, 7) is 3.10. The van der Waals surface area contributed by atoms with E-state index in [0.717, 1.165) is 31.5 Å². The summed E-state index contributed by atoms with van der Waals surface area (Å²) in [6.07, 6.45) is -0.780. The summed E-state index contributed by atoms with van der Waals surface area (Å²) in [7, 11) is 1.94. The van der Waals surface area contributed by atoms with Crippen LogP contribution in [0.3, 0.4) is 0 Å². The normalized spacial score (nSPS) is 18.4. The maximum Gasteiger partial charge on any atom is 0.419 e. The Balaban J connectivity index is 0.00000243. The molecule has 3 rings (SSSR count). The van der Waals surface area contributed by atoms with Crippen LogP contribution in [0.4, 0.5) is 13.2 Å². The molecular weight excluding hydrogens is 369 g/mol. The Labute approximate surface area is 156 Å². The van der Waals surface area contributed by atoms with E-state index in [2.05, 4.69) is 15.2 Å². The average molecular weight is 391 g/mol. The van der Waals surface area contributed by atoms with E-state index in [1.807, 2.05) is 17.8 Å². The zero-order valence-electron chi connectivity index (χ0n) is 14.4. The van der Waals surface area contributed by atoms with Crippen molar-refractivity contribution in [3.8, 4) is 5.75 Å². The van der Waals surface area contributed by atoms with Crippen LogP contribution < -0.4 is 10.1 Å². The molecule has 144 valence electrons. The molecule has 0 aliphatic carbocycles. The Hall–Kier alpha value is -1.77. The number of aryl methyl sites for hydroxylation is 1. The lowest BCUT2D eigenvalue weighted by atomic mass is 10.1. The van der Waals surface area contributed by atoms with E-state index in [1.165, 1.54) is 12.1 Å². The molecule has 1 N–H and O–H groups in total. The highest BCUT2D eigenvalue weighted by molar-refractivity contribution is 5.85. The molecule has 1 atom stereocenters. The maximum absolute atomic E-state index is 13.0. The van der Waals surface area contributed by atoms with Crippen molar-refractivity contribution in [2.24, 2.45) is 7.05 Å². The van der Waals surface area contributed by atoms with Crippen LogP contribution in [0.1, 0.15) is 17.4 Å². The molecule has 2 aromatic rings. The minimum absolute atomic E-state index is 0. The van der Waals surface area contributed by atoms with E-state index in [1.54, 1.807) is 12.3 Å². The molecule has 1 aliphatic heterocycles. The van der Waals surface area contributed by atoms with Crippen LogP contribution in [-0.4, -0.2) is 47.2 Å². The van der Waals surface area contributed by atoms with Gasteiger partial charge in [-0.25, -0.2) is 4.98 Å². The number of imidazole rings is 1. The lowest BCUT2D eigenvalue weighted by molar-refractivity contribution is -0.139.